The molecule has 27 heavy (non-hydrogen) atoms. The molecular weight excluding hydrogens is 348 g/mol. The van der Waals surface area contributed by atoms with Crippen molar-refractivity contribution in [2.45, 2.75) is 19.4 Å². The van der Waals surface area contributed by atoms with Crippen LogP contribution < -0.4 is 10.6 Å². The number of anilines is 1. The van der Waals surface area contributed by atoms with Crippen molar-refractivity contribution in [2.24, 2.45) is 0 Å². The molecule has 0 saturated heterocycles. The van der Waals surface area contributed by atoms with Crippen LogP contribution in [0.2, 0.25) is 0 Å². The molecule has 0 spiro atoms. The van der Waals surface area contributed by atoms with E-state index in [4.69, 9.17) is 10.2 Å². The highest BCUT2D eigenvalue weighted by molar-refractivity contribution is 5.98. The minimum atomic E-state index is -1.32. The van der Waals surface area contributed by atoms with Crippen LogP contribution in [0.3, 0.4) is 0 Å². The molecule has 0 aliphatic carbocycles. The second-order valence-corrected chi connectivity index (χ2v) is 6.17. The Morgan fingerprint density at radius 1 is 1.22 bits per heavy atom. The number of carbonyl (C=O) groups excluding carboxylic acids is 1. The van der Waals surface area contributed by atoms with Crippen LogP contribution in [0.4, 0.5) is 10.5 Å². The molecule has 2 amide bonds. The van der Waals surface area contributed by atoms with Crippen LogP contribution >= 0.6 is 0 Å². The van der Waals surface area contributed by atoms with E-state index in [0.717, 1.165) is 22.2 Å². The van der Waals surface area contributed by atoms with Crippen molar-refractivity contribution in [3.63, 3.8) is 0 Å². The van der Waals surface area contributed by atoms with Gasteiger partial charge in [0.1, 0.15) is 6.04 Å². The summed E-state index contributed by atoms with van der Waals surface area (Å²) in [6, 6.07) is 12.2. The molecule has 1 aromatic heterocycles. The van der Waals surface area contributed by atoms with Crippen LogP contribution in [0, 0.1) is 6.92 Å². The number of carboxylic acid groups (broad SMARTS) is 1. The van der Waals surface area contributed by atoms with Crippen molar-refractivity contribution in [1.29, 1.82) is 0 Å². The number of rotatable bonds is 6. The van der Waals surface area contributed by atoms with Gasteiger partial charge in [-0.05, 0) is 49.2 Å². The molecule has 4 N–H and O–H groups in total. The highest BCUT2D eigenvalue weighted by Gasteiger charge is 2.20. The van der Waals surface area contributed by atoms with Crippen molar-refractivity contribution in [1.82, 2.24) is 15.1 Å². The fraction of sp³-hybridized carbons (Fsp3) is 0.211. The summed E-state index contributed by atoms with van der Waals surface area (Å²) in [5.74, 6) is -0.535. The van der Waals surface area contributed by atoms with Gasteiger partial charge >= 0.3 is 6.09 Å². The monoisotopic (exact) mass is 368 g/mol. The summed E-state index contributed by atoms with van der Waals surface area (Å²) < 4.78 is 1.78. The Morgan fingerprint density at radius 3 is 2.74 bits per heavy atom. The zero-order chi connectivity index (χ0) is 19.4. The van der Waals surface area contributed by atoms with Crippen LogP contribution in [0.15, 0.2) is 48.7 Å². The molecule has 8 nitrogen and oxygen atoms in total. The largest absolute Gasteiger partial charge is 0.465 e. The third kappa shape index (κ3) is 4.24. The third-order valence-corrected chi connectivity index (χ3v) is 4.12. The summed E-state index contributed by atoms with van der Waals surface area (Å²) in [7, 11) is 0. The number of fused-ring (bicyclic) bond motifs is 1. The molecule has 0 fully saturated rings. The van der Waals surface area contributed by atoms with Gasteiger partial charge in [0.15, 0.2) is 0 Å². The summed E-state index contributed by atoms with van der Waals surface area (Å²) in [4.78, 5) is 23.2. The molecule has 1 unspecified atom stereocenters. The van der Waals surface area contributed by atoms with E-state index < -0.39 is 18.0 Å². The lowest BCUT2D eigenvalue weighted by Crippen LogP contribution is -2.43. The van der Waals surface area contributed by atoms with Crippen molar-refractivity contribution < 1.29 is 19.8 Å². The van der Waals surface area contributed by atoms with Crippen LogP contribution in [0.1, 0.15) is 12.0 Å². The first-order valence-electron chi connectivity index (χ1n) is 8.44. The first-order valence-corrected chi connectivity index (χ1v) is 8.44. The Morgan fingerprint density at radius 2 is 2.04 bits per heavy atom. The lowest BCUT2D eigenvalue weighted by atomic mass is 10.1. The Bertz CT molecular complexity index is 983. The summed E-state index contributed by atoms with van der Waals surface area (Å²) in [5.41, 5.74) is 3.33. The smallest absolute Gasteiger partial charge is 0.405 e. The summed E-state index contributed by atoms with van der Waals surface area (Å²) in [6.45, 7) is 1.69. The lowest BCUT2D eigenvalue weighted by Gasteiger charge is -2.15. The summed E-state index contributed by atoms with van der Waals surface area (Å²) in [5, 5.41) is 28.0. The molecule has 0 aliphatic heterocycles. The third-order valence-electron chi connectivity index (χ3n) is 4.12. The molecule has 2 aromatic carbocycles. The van der Waals surface area contributed by atoms with E-state index in [-0.39, 0.29) is 13.0 Å². The number of hydrogen-bond donors (Lipinski definition) is 4. The van der Waals surface area contributed by atoms with Crippen LogP contribution in [-0.2, 0) is 4.79 Å². The van der Waals surface area contributed by atoms with E-state index in [0.29, 0.717) is 5.69 Å². The number of carbonyl (C=O) groups is 2. The molecule has 140 valence electrons. The number of nitrogens with one attached hydrogen (secondary N) is 2. The Balaban J connectivity index is 1.88. The predicted molar refractivity (Wildman–Crippen MR) is 101 cm³/mol. The number of hydrogen-bond acceptors (Lipinski definition) is 4. The van der Waals surface area contributed by atoms with E-state index in [1.807, 2.05) is 37.3 Å². The zero-order valence-corrected chi connectivity index (χ0v) is 14.7. The number of nitrogens with zero attached hydrogens (tertiary/aromatic N) is 2. The maximum atomic E-state index is 12.3. The van der Waals surface area contributed by atoms with Gasteiger partial charge in [-0.3, -0.25) is 4.79 Å². The highest BCUT2D eigenvalue weighted by Crippen LogP contribution is 2.22. The molecular formula is C19H20N4O4. The van der Waals surface area contributed by atoms with Gasteiger partial charge in [-0.1, -0.05) is 12.1 Å². The maximum Gasteiger partial charge on any atom is 0.405 e. The molecule has 8 heteroatoms. The van der Waals surface area contributed by atoms with E-state index in [1.165, 1.54) is 0 Å². The van der Waals surface area contributed by atoms with Gasteiger partial charge in [-0.25, -0.2) is 9.48 Å². The number of amides is 2. The fourth-order valence-corrected chi connectivity index (χ4v) is 2.84. The van der Waals surface area contributed by atoms with Crippen LogP contribution in [-0.4, -0.2) is 44.6 Å². The second kappa shape index (κ2) is 7.88. The average Bonchev–Trinajstić information content (AvgIpc) is 3.04. The molecule has 0 radical (unpaired) electrons. The van der Waals surface area contributed by atoms with Crippen molar-refractivity contribution >= 4 is 28.6 Å². The molecule has 1 heterocycles. The van der Waals surface area contributed by atoms with E-state index in [9.17, 15) is 9.59 Å². The van der Waals surface area contributed by atoms with Crippen molar-refractivity contribution in [3.05, 3.63) is 54.2 Å². The maximum absolute atomic E-state index is 12.3. The van der Waals surface area contributed by atoms with Gasteiger partial charge in [0.2, 0.25) is 5.91 Å². The van der Waals surface area contributed by atoms with E-state index >= 15 is 0 Å². The van der Waals surface area contributed by atoms with Crippen molar-refractivity contribution in [3.8, 4) is 5.69 Å². The van der Waals surface area contributed by atoms with Gasteiger partial charge < -0.3 is 20.8 Å². The van der Waals surface area contributed by atoms with Crippen molar-refractivity contribution in [2.75, 3.05) is 11.9 Å². The molecule has 1 atom stereocenters. The Hall–Kier alpha value is -3.39. The Labute approximate surface area is 155 Å². The zero-order valence-electron chi connectivity index (χ0n) is 14.7. The summed E-state index contributed by atoms with van der Waals surface area (Å²) in [6.07, 6.45) is 0.405. The topological polar surface area (TPSA) is 116 Å². The quantitative estimate of drug-likeness (QED) is 0.533. The van der Waals surface area contributed by atoms with Gasteiger partial charge in [0.25, 0.3) is 0 Å². The Kier molecular flexibility index (Phi) is 5.37. The fourth-order valence-electron chi connectivity index (χ4n) is 2.84. The minimum absolute atomic E-state index is 0.0123. The minimum Gasteiger partial charge on any atom is -0.465 e. The van der Waals surface area contributed by atoms with Gasteiger partial charge in [0, 0.05) is 17.7 Å². The molecule has 0 bridgehead atoms. The number of aliphatic hydroxyl groups excluding tert-OH is 1. The molecule has 0 aliphatic rings. The number of aromatic nitrogens is 2. The number of aliphatic hydroxyl groups is 1. The van der Waals surface area contributed by atoms with E-state index in [2.05, 4.69) is 15.7 Å². The number of benzene rings is 2. The van der Waals surface area contributed by atoms with Crippen LogP contribution in [0.5, 0.6) is 0 Å². The standard InChI is InChI=1S/C19H20N4O4/c1-12-3-2-4-15(9-12)23-17-10-14(6-5-13(17)11-20-23)21-18(25)16(7-8-24)22-19(26)27/h2-6,9-11,16,22,24H,7-8H2,1H3,(H,21,25)(H,26,27). The predicted octanol–water partition coefficient (Wildman–Crippen LogP) is 2.29. The number of aryl methyl sites for hydroxylation is 1. The first-order chi connectivity index (χ1) is 13.0. The highest BCUT2D eigenvalue weighted by atomic mass is 16.4. The normalized spacial score (nSPS) is 11.9. The lowest BCUT2D eigenvalue weighted by molar-refractivity contribution is -0.118. The average molecular weight is 368 g/mol. The van der Waals surface area contributed by atoms with Gasteiger partial charge in [0.05, 0.1) is 17.4 Å². The molecule has 0 saturated carbocycles. The summed E-state index contributed by atoms with van der Waals surface area (Å²) >= 11 is 0. The SMILES string of the molecule is Cc1cccc(-n2ncc3ccc(NC(=O)C(CCO)NC(=O)O)cc32)c1. The van der Waals surface area contributed by atoms with E-state index in [1.54, 1.807) is 23.0 Å². The molecule has 3 rings (SSSR count). The first kappa shape index (κ1) is 18.4. The van der Waals surface area contributed by atoms with Gasteiger partial charge in [-0.15, -0.1) is 0 Å². The molecule has 3 aromatic rings. The van der Waals surface area contributed by atoms with Crippen LogP contribution in [0.25, 0.3) is 16.6 Å². The van der Waals surface area contributed by atoms with Gasteiger partial charge in [-0.2, -0.15) is 5.10 Å². The second-order valence-electron chi connectivity index (χ2n) is 6.17.